The lowest BCUT2D eigenvalue weighted by Crippen LogP contribution is -2.30. The first-order chi connectivity index (χ1) is 46.8. The van der Waals surface area contributed by atoms with Crippen molar-refractivity contribution in [3.63, 3.8) is 0 Å². The third-order valence-electron chi connectivity index (χ3n) is 17.9. The first-order valence-corrected chi connectivity index (χ1v) is 42.7. The molecule has 0 aromatic rings. The quantitative estimate of drug-likeness (QED) is 0.0169. The van der Waals surface area contributed by atoms with Crippen LogP contribution in [0.1, 0.15) is 376 Å². The van der Waals surface area contributed by atoms with Crippen LogP contribution in [0.2, 0.25) is 0 Å². The normalized spacial score (nSPS) is 14.5. The van der Waals surface area contributed by atoms with Gasteiger partial charge in [-0.2, -0.15) is 0 Å². The van der Waals surface area contributed by atoms with Crippen LogP contribution in [0.25, 0.3) is 0 Å². The Morgan fingerprint density at radius 3 is 0.918 bits per heavy atom. The summed E-state index contributed by atoms with van der Waals surface area (Å²) >= 11 is 0. The fourth-order valence-electron chi connectivity index (χ4n) is 11.4. The van der Waals surface area contributed by atoms with E-state index in [0.717, 1.165) is 127 Å². The molecule has 0 saturated carbocycles. The molecular formula is C78H148O17P2. The minimum Gasteiger partial charge on any atom is -0.462 e. The number of aliphatic hydroxyl groups is 1. The predicted molar refractivity (Wildman–Crippen MR) is 395 cm³/mol. The number of hydrogen-bond donors (Lipinski definition) is 3. The van der Waals surface area contributed by atoms with Crippen molar-refractivity contribution in [1.82, 2.24) is 0 Å². The maximum atomic E-state index is 13.1. The van der Waals surface area contributed by atoms with E-state index in [1.54, 1.807) is 0 Å². The van der Waals surface area contributed by atoms with Gasteiger partial charge in [-0.05, 0) is 69.1 Å². The molecular weight excluding hydrogens is 1270 g/mol. The number of aliphatic hydroxyl groups excluding tert-OH is 1. The van der Waals surface area contributed by atoms with E-state index >= 15 is 0 Å². The predicted octanol–water partition coefficient (Wildman–Crippen LogP) is 22.5. The van der Waals surface area contributed by atoms with Gasteiger partial charge in [-0.15, -0.1) is 0 Å². The largest absolute Gasteiger partial charge is 0.472 e. The standard InChI is InChI=1S/C78H148O17P2/c1-8-10-11-12-13-14-15-16-18-23-28-33-38-47-54-61-77(82)94-73(65-88-75(80)59-52-45-37-32-27-22-20-17-19-21-25-30-35-42-49-56-69(3)4)67-92-96(84,85)90-63-72(79)64-91-97(86,87)93-68-74(66-89-76(81)60-53-46-41-40-44-51-58-71(7)9-2)95-78(83)62-55-48-39-34-29-24-26-31-36-43-50-57-70(5)6/h14-16,18,69-74,79H,8-13,17,19-68H2,1-7H3,(H,84,85)(H,86,87)/b15-14-,18-16-/t71?,72-,73-,74-/m1/s1. The molecule has 0 fully saturated rings. The number of unbranched alkanes of at least 4 members (excludes halogenated alkanes) is 38. The van der Waals surface area contributed by atoms with Gasteiger partial charge in [0.25, 0.3) is 0 Å². The first-order valence-electron chi connectivity index (χ1n) is 39.7. The van der Waals surface area contributed by atoms with Crippen molar-refractivity contribution in [1.29, 1.82) is 0 Å². The third kappa shape index (κ3) is 70.4. The second kappa shape index (κ2) is 68.0. The minimum atomic E-state index is -4.97. The van der Waals surface area contributed by atoms with Crippen molar-refractivity contribution in [3.05, 3.63) is 24.3 Å². The number of carbonyl (C=O) groups excluding carboxylic acids is 4. The molecule has 0 saturated heterocycles. The second-order valence-corrected chi connectivity index (χ2v) is 31.5. The van der Waals surface area contributed by atoms with Gasteiger partial charge in [0, 0.05) is 25.7 Å². The number of phosphoric ester groups is 2. The molecule has 0 aliphatic rings. The molecule has 3 unspecified atom stereocenters. The highest BCUT2D eigenvalue weighted by atomic mass is 31.2. The number of phosphoric acid groups is 2. The van der Waals surface area contributed by atoms with Crippen LogP contribution in [0.4, 0.5) is 0 Å². The summed E-state index contributed by atoms with van der Waals surface area (Å²) in [5.41, 5.74) is 0. The lowest BCUT2D eigenvalue weighted by Gasteiger charge is -2.21. The number of rotatable bonds is 74. The van der Waals surface area contributed by atoms with Crippen LogP contribution >= 0.6 is 15.6 Å². The van der Waals surface area contributed by atoms with E-state index in [0.29, 0.717) is 25.7 Å². The van der Waals surface area contributed by atoms with Gasteiger partial charge in [-0.25, -0.2) is 9.13 Å². The molecule has 0 radical (unpaired) electrons. The van der Waals surface area contributed by atoms with Crippen molar-refractivity contribution in [2.75, 3.05) is 39.6 Å². The van der Waals surface area contributed by atoms with Gasteiger partial charge in [0.1, 0.15) is 19.3 Å². The molecule has 0 heterocycles. The smallest absolute Gasteiger partial charge is 0.462 e. The van der Waals surface area contributed by atoms with Gasteiger partial charge >= 0.3 is 39.5 Å². The van der Waals surface area contributed by atoms with E-state index < -0.39 is 97.5 Å². The summed E-state index contributed by atoms with van der Waals surface area (Å²) in [7, 11) is -9.93. The van der Waals surface area contributed by atoms with Crippen LogP contribution in [-0.4, -0.2) is 96.7 Å². The molecule has 0 amide bonds. The van der Waals surface area contributed by atoms with Gasteiger partial charge in [0.2, 0.25) is 0 Å². The van der Waals surface area contributed by atoms with Crippen LogP contribution in [0.3, 0.4) is 0 Å². The molecule has 0 spiro atoms. The van der Waals surface area contributed by atoms with Crippen molar-refractivity contribution in [2.24, 2.45) is 17.8 Å². The lowest BCUT2D eigenvalue weighted by molar-refractivity contribution is -0.161. The Hall–Kier alpha value is -2.46. The highest BCUT2D eigenvalue weighted by molar-refractivity contribution is 7.47. The van der Waals surface area contributed by atoms with Gasteiger partial charge < -0.3 is 33.8 Å². The van der Waals surface area contributed by atoms with Crippen LogP contribution in [-0.2, 0) is 65.4 Å². The zero-order chi connectivity index (χ0) is 71.6. The van der Waals surface area contributed by atoms with Gasteiger partial charge in [0.05, 0.1) is 26.4 Å². The minimum absolute atomic E-state index is 0.0850. The summed E-state index contributed by atoms with van der Waals surface area (Å²) in [5.74, 6) is 0.150. The van der Waals surface area contributed by atoms with E-state index in [1.165, 1.54) is 167 Å². The van der Waals surface area contributed by atoms with Crippen molar-refractivity contribution < 1.29 is 80.2 Å². The van der Waals surface area contributed by atoms with Crippen molar-refractivity contribution in [3.8, 4) is 0 Å². The lowest BCUT2D eigenvalue weighted by atomic mass is 10.00. The Kier molecular flexibility index (Phi) is 66.3. The molecule has 97 heavy (non-hydrogen) atoms. The van der Waals surface area contributed by atoms with Crippen LogP contribution < -0.4 is 0 Å². The average Bonchev–Trinajstić information content (AvgIpc) is 1.06. The maximum Gasteiger partial charge on any atom is 0.472 e. The van der Waals surface area contributed by atoms with Crippen molar-refractivity contribution in [2.45, 2.75) is 394 Å². The van der Waals surface area contributed by atoms with Crippen LogP contribution in [0.15, 0.2) is 24.3 Å². The fourth-order valence-corrected chi connectivity index (χ4v) is 13.0. The van der Waals surface area contributed by atoms with E-state index in [9.17, 15) is 43.2 Å². The van der Waals surface area contributed by atoms with Crippen LogP contribution in [0, 0.1) is 17.8 Å². The summed E-state index contributed by atoms with van der Waals surface area (Å²) in [4.78, 5) is 72.9. The molecule has 0 aliphatic heterocycles. The molecule has 0 aromatic heterocycles. The molecule has 3 N–H and O–H groups in total. The third-order valence-corrected chi connectivity index (χ3v) is 19.8. The Morgan fingerprint density at radius 1 is 0.340 bits per heavy atom. The Morgan fingerprint density at radius 2 is 0.608 bits per heavy atom. The Labute approximate surface area is 592 Å². The second-order valence-electron chi connectivity index (χ2n) is 28.6. The summed E-state index contributed by atoms with van der Waals surface area (Å²) < 4.78 is 68.5. The Bertz CT molecular complexity index is 1980. The molecule has 0 rings (SSSR count). The zero-order valence-corrected chi connectivity index (χ0v) is 64.8. The number of esters is 4. The number of hydrogen-bond acceptors (Lipinski definition) is 15. The number of carbonyl (C=O) groups is 4. The van der Waals surface area contributed by atoms with Gasteiger partial charge in [-0.1, -0.05) is 323 Å². The monoisotopic (exact) mass is 1420 g/mol. The van der Waals surface area contributed by atoms with Gasteiger partial charge in [0.15, 0.2) is 12.2 Å². The van der Waals surface area contributed by atoms with E-state index in [4.69, 9.17) is 37.0 Å². The van der Waals surface area contributed by atoms with Crippen molar-refractivity contribution >= 4 is 39.5 Å². The molecule has 19 heteroatoms. The van der Waals surface area contributed by atoms with Crippen LogP contribution in [0.5, 0.6) is 0 Å². The van der Waals surface area contributed by atoms with E-state index in [1.807, 2.05) is 0 Å². The fraction of sp³-hybridized carbons (Fsp3) is 0.897. The topological polar surface area (TPSA) is 237 Å². The Balaban J connectivity index is 5.28. The summed E-state index contributed by atoms with van der Waals surface area (Å²) in [6.45, 7) is 11.8. The number of ether oxygens (including phenoxy) is 4. The van der Waals surface area contributed by atoms with Gasteiger partial charge in [-0.3, -0.25) is 37.3 Å². The molecule has 572 valence electrons. The SMILES string of the molecule is CCCCCC/C=C\C=C/CCCCCCCC(=O)O[C@H](COC(=O)CCCCCCCCCCCCCCCCCC(C)C)COP(=O)(O)OC[C@@H](O)COP(=O)(O)OC[C@@H](COC(=O)CCCCCCCCC(C)CC)OC(=O)CCCCCCCCCCCCCC(C)C. The zero-order valence-electron chi connectivity index (χ0n) is 63.0. The highest BCUT2D eigenvalue weighted by Gasteiger charge is 2.30. The number of allylic oxidation sites excluding steroid dienone is 4. The molecule has 6 atom stereocenters. The van der Waals surface area contributed by atoms with E-state index in [-0.39, 0.29) is 25.7 Å². The first kappa shape index (κ1) is 94.5. The molecule has 0 bridgehead atoms. The molecule has 17 nitrogen and oxygen atoms in total. The maximum absolute atomic E-state index is 13.1. The van der Waals surface area contributed by atoms with E-state index in [2.05, 4.69) is 72.8 Å². The summed E-state index contributed by atoms with van der Waals surface area (Å²) in [5, 5.41) is 10.6. The molecule has 0 aromatic carbocycles. The summed E-state index contributed by atoms with van der Waals surface area (Å²) in [6, 6.07) is 0. The highest BCUT2D eigenvalue weighted by Crippen LogP contribution is 2.45. The summed E-state index contributed by atoms with van der Waals surface area (Å²) in [6.07, 6.45) is 57.7. The average molecular weight is 1420 g/mol. The molecule has 0 aliphatic carbocycles.